The molecule has 1 saturated heterocycles. The molecule has 4 heterocycles. The molecule has 0 amide bonds. The highest BCUT2D eigenvalue weighted by molar-refractivity contribution is 7.89. The Morgan fingerprint density at radius 1 is 1.20 bits per heavy atom. The number of pyridine rings is 1. The minimum Gasteiger partial charge on any atom is -0.368 e. The highest BCUT2D eigenvalue weighted by Gasteiger charge is 2.30. The lowest BCUT2D eigenvalue weighted by Gasteiger charge is -2.35. The van der Waals surface area contributed by atoms with Gasteiger partial charge in [-0.05, 0) is 13.0 Å². The number of piperazine rings is 1. The third kappa shape index (κ3) is 2.79. The van der Waals surface area contributed by atoms with Crippen molar-refractivity contribution in [3.8, 4) is 0 Å². The Morgan fingerprint density at radius 3 is 2.64 bits per heavy atom. The van der Waals surface area contributed by atoms with Crippen LogP contribution in [0.2, 0.25) is 0 Å². The Kier molecular flexibility index (Phi) is 3.97. The fourth-order valence-electron chi connectivity index (χ4n) is 3.07. The quantitative estimate of drug-likeness (QED) is 0.682. The maximum atomic E-state index is 12.7. The number of sulfonamides is 1. The Balaban J connectivity index is 1.55. The largest absolute Gasteiger partial charge is 0.368 e. The number of fused-ring (bicyclic) bond motifs is 1. The number of aromatic nitrogens is 4. The van der Waals surface area contributed by atoms with Gasteiger partial charge in [-0.15, -0.1) is 11.3 Å². The zero-order valence-electron chi connectivity index (χ0n) is 14.0. The van der Waals surface area contributed by atoms with Gasteiger partial charge in [0, 0.05) is 44.8 Å². The molecule has 0 atom stereocenters. The van der Waals surface area contributed by atoms with Crippen LogP contribution in [0.5, 0.6) is 0 Å². The lowest BCUT2D eigenvalue weighted by Crippen LogP contribution is -2.48. The van der Waals surface area contributed by atoms with Gasteiger partial charge in [-0.2, -0.15) is 9.40 Å². The predicted octanol–water partition coefficient (Wildman–Crippen LogP) is 1.24. The minimum atomic E-state index is -3.51. The number of anilines is 1. The number of hydrogen-bond acceptors (Lipinski definition) is 7. The fraction of sp³-hybridized carbons (Fsp3) is 0.400. The number of hydrogen-bond donors (Lipinski definition) is 0. The van der Waals surface area contributed by atoms with E-state index < -0.39 is 10.0 Å². The van der Waals surface area contributed by atoms with Gasteiger partial charge in [0.05, 0.1) is 22.3 Å². The van der Waals surface area contributed by atoms with E-state index in [2.05, 4.69) is 20.0 Å². The molecule has 132 valence electrons. The summed E-state index contributed by atoms with van der Waals surface area (Å²) >= 11 is 1.35. The molecule has 0 bridgehead atoms. The van der Waals surface area contributed by atoms with E-state index in [1.165, 1.54) is 15.6 Å². The van der Waals surface area contributed by atoms with Crippen LogP contribution in [0.1, 0.15) is 5.01 Å². The molecule has 4 rings (SSSR count). The van der Waals surface area contributed by atoms with Crippen LogP contribution in [-0.4, -0.2) is 58.7 Å². The maximum Gasteiger partial charge on any atom is 0.261 e. The van der Waals surface area contributed by atoms with Crippen LogP contribution >= 0.6 is 11.3 Å². The zero-order chi connectivity index (χ0) is 17.6. The van der Waals surface area contributed by atoms with Crippen molar-refractivity contribution >= 4 is 38.1 Å². The summed E-state index contributed by atoms with van der Waals surface area (Å²) in [5.41, 5.74) is 1.87. The summed E-state index contributed by atoms with van der Waals surface area (Å²) in [6, 6.07) is 1.96. The van der Waals surface area contributed by atoms with Gasteiger partial charge in [-0.1, -0.05) is 0 Å². The Hall–Kier alpha value is -2.04. The summed E-state index contributed by atoms with van der Waals surface area (Å²) in [6.07, 6.45) is 3.57. The lowest BCUT2D eigenvalue weighted by molar-refractivity contribution is 0.384. The molecule has 0 unspecified atom stereocenters. The topological polar surface area (TPSA) is 84.2 Å². The second-order valence-electron chi connectivity index (χ2n) is 5.93. The van der Waals surface area contributed by atoms with Crippen molar-refractivity contribution in [3.63, 3.8) is 0 Å². The number of nitrogens with zero attached hydrogens (tertiary/aromatic N) is 6. The van der Waals surface area contributed by atoms with Gasteiger partial charge in [-0.3, -0.25) is 4.68 Å². The third-order valence-corrected chi connectivity index (χ3v) is 7.10. The molecule has 1 aliphatic heterocycles. The minimum absolute atomic E-state index is 0.155. The summed E-state index contributed by atoms with van der Waals surface area (Å²) in [6.45, 7) is 3.92. The number of thiazole rings is 1. The van der Waals surface area contributed by atoms with E-state index in [1.54, 1.807) is 22.5 Å². The number of rotatable bonds is 3. The van der Waals surface area contributed by atoms with Gasteiger partial charge in [0.15, 0.2) is 10.7 Å². The summed E-state index contributed by atoms with van der Waals surface area (Å²) in [7, 11) is -1.65. The Morgan fingerprint density at radius 2 is 1.96 bits per heavy atom. The van der Waals surface area contributed by atoms with E-state index >= 15 is 0 Å². The molecular formula is C15H18N6O2S2. The van der Waals surface area contributed by atoms with Crippen LogP contribution in [0, 0.1) is 6.92 Å². The first-order valence-electron chi connectivity index (χ1n) is 7.91. The van der Waals surface area contributed by atoms with Crippen LogP contribution < -0.4 is 4.90 Å². The van der Waals surface area contributed by atoms with E-state index in [0.29, 0.717) is 26.2 Å². The van der Waals surface area contributed by atoms with Crippen LogP contribution in [0.25, 0.3) is 11.0 Å². The summed E-state index contributed by atoms with van der Waals surface area (Å²) in [4.78, 5) is 10.7. The first-order valence-corrected chi connectivity index (χ1v) is 10.2. The molecule has 3 aromatic rings. The van der Waals surface area contributed by atoms with E-state index in [9.17, 15) is 8.42 Å². The average Bonchev–Trinajstić information content (AvgIpc) is 3.22. The van der Waals surface area contributed by atoms with Crippen molar-refractivity contribution in [2.24, 2.45) is 7.05 Å². The first kappa shape index (κ1) is 16.4. The van der Waals surface area contributed by atoms with Crippen LogP contribution in [0.15, 0.2) is 28.9 Å². The molecule has 0 N–H and O–H groups in total. The van der Waals surface area contributed by atoms with Gasteiger partial charge < -0.3 is 4.90 Å². The average molecular weight is 378 g/mol. The highest BCUT2D eigenvalue weighted by Crippen LogP contribution is 2.27. The smallest absolute Gasteiger partial charge is 0.261 e. The van der Waals surface area contributed by atoms with Gasteiger partial charge in [0.2, 0.25) is 0 Å². The summed E-state index contributed by atoms with van der Waals surface area (Å²) in [5, 5.41) is 7.77. The predicted molar refractivity (Wildman–Crippen MR) is 96.3 cm³/mol. The molecule has 1 aliphatic rings. The monoisotopic (exact) mass is 378 g/mol. The van der Waals surface area contributed by atoms with Gasteiger partial charge in [-0.25, -0.2) is 18.4 Å². The summed E-state index contributed by atoms with van der Waals surface area (Å²) < 4.78 is 28.6. The molecular weight excluding hydrogens is 360 g/mol. The lowest BCUT2D eigenvalue weighted by atomic mass is 10.2. The van der Waals surface area contributed by atoms with Crippen molar-refractivity contribution in [1.29, 1.82) is 0 Å². The van der Waals surface area contributed by atoms with E-state index in [4.69, 9.17) is 0 Å². The SMILES string of the molecule is Cc1nc(S(=O)(=O)N2CCN(c3ccnc4c3cnn4C)CC2)cs1. The Labute approximate surface area is 149 Å². The first-order chi connectivity index (χ1) is 12.0. The van der Waals surface area contributed by atoms with E-state index in [1.807, 2.05) is 20.0 Å². The van der Waals surface area contributed by atoms with Crippen LogP contribution in [-0.2, 0) is 17.1 Å². The van der Waals surface area contributed by atoms with Crippen molar-refractivity contribution in [2.45, 2.75) is 11.9 Å². The van der Waals surface area contributed by atoms with Crippen LogP contribution in [0.4, 0.5) is 5.69 Å². The molecule has 8 nitrogen and oxygen atoms in total. The van der Waals surface area contributed by atoms with Gasteiger partial charge in [0.25, 0.3) is 10.0 Å². The molecule has 0 radical (unpaired) electrons. The fourth-order valence-corrected chi connectivity index (χ4v) is 5.40. The third-order valence-electron chi connectivity index (χ3n) is 4.39. The zero-order valence-corrected chi connectivity index (χ0v) is 15.6. The molecule has 0 spiro atoms. The Bertz CT molecular complexity index is 1020. The van der Waals surface area contributed by atoms with Gasteiger partial charge >= 0.3 is 0 Å². The highest BCUT2D eigenvalue weighted by atomic mass is 32.2. The molecule has 10 heteroatoms. The molecule has 0 aliphatic carbocycles. The van der Waals surface area contributed by atoms with Crippen LogP contribution in [0.3, 0.4) is 0 Å². The molecule has 0 saturated carbocycles. The van der Waals surface area contributed by atoms with Crippen molar-refractivity contribution in [3.05, 3.63) is 28.8 Å². The maximum absolute atomic E-state index is 12.7. The second-order valence-corrected chi connectivity index (χ2v) is 8.88. The van der Waals surface area contributed by atoms with Crippen molar-refractivity contribution in [1.82, 2.24) is 24.1 Å². The van der Waals surface area contributed by atoms with E-state index in [0.717, 1.165) is 21.7 Å². The molecule has 1 fully saturated rings. The van der Waals surface area contributed by atoms with E-state index in [-0.39, 0.29) is 5.03 Å². The second kappa shape index (κ2) is 6.04. The molecule has 25 heavy (non-hydrogen) atoms. The molecule has 3 aromatic heterocycles. The standard InChI is InChI=1S/C15H18N6O2S2/c1-11-18-14(10-24-11)25(22,23)21-7-5-20(6-8-21)13-3-4-16-15-12(13)9-17-19(15)2/h3-4,9-10H,5-8H2,1-2H3. The normalized spacial score (nSPS) is 16.6. The van der Waals surface area contributed by atoms with Gasteiger partial charge in [0.1, 0.15) is 0 Å². The number of aryl methyl sites for hydroxylation is 2. The molecule has 0 aromatic carbocycles. The van der Waals surface area contributed by atoms with Crippen molar-refractivity contribution in [2.75, 3.05) is 31.1 Å². The van der Waals surface area contributed by atoms with Crippen molar-refractivity contribution < 1.29 is 8.42 Å². The summed E-state index contributed by atoms with van der Waals surface area (Å²) in [5.74, 6) is 0.